The highest BCUT2D eigenvalue weighted by Crippen LogP contribution is 2.12. The monoisotopic (exact) mass is 194 g/mol. The van der Waals surface area contributed by atoms with Crippen LogP contribution >= 0.6 is 0 Å². The lowest BCUT2D eigenvalue weighted by Gasteiger charge is -1.85. The molecule has 14 heavy (non-hydrogen) atoms. The van der Waals surface area contributed by atoms with Gasteiger partial charge in [-0.25, -0.2) is 9.36 Å². The molecule has 0 fully saturated rings. The van der Waals surface area contributed by atoms with Gasteiger partial charge in [0, 0.05) is 14.1 Å². The van der Waals surface area contributed by atoms with E-state index in [4.69, 9.17) is 11.5 Å². The Hall–Kier alpha value is -2.12. The molecule has 0 unspecified atom stereocenters. The van der Waals surface area contributed by atoms with E-state index in [1.54, 1.807) is 14.1 Å². The number of aromatic nitrogens is 6. The largest absolute Gasteiger partial charge is 0.368 e. The summed E-state index contributed by atoms with van der Waals surface area (Å²) in [5.41, 5.74) is 11.0. The summed E-state index contributed by atoms with van der Waals surface area (Å²) in [6.07, 6.45) is 0. The molecule has 0 aliphatic heterocycles. The third kappa shape index (κ3) is 1.16. The molecule has 0 spiro atoms. The highest BCUT2D eigenvalue weighted by atomic mass is 15.4. The Labute approximate surface area is 79.6 Å². The van der Waals surface area contributed by atoms with Gasteiger partial charge in [0.15, 0.2) is 0 Å². The Morgan fingerprint density at radius 2 is 1.21 bits per heavy atom. The van der Waals surface area contributed by atoms with Crippen LogP contribution in [0.1, 0.15) is 0 Å². The molecule has 2 heterocycles. The maximum atomic E-state index is 5.52. The van der Waals surface area contributed by atoms with Crippen LogP contribution in [0.4, 0.5) is 11.9 Å². The van der Waals surface area contributed by atoms with Crippen molar-refractivity contribution in [1.82, 2.24) is 29.5 Å². The van der Waals surface area contributed by atoms with Gasteiger partial charge in [0.25, 0.3) is 0 Å². The van der Waals surface area contributed by atoms with Crippen molar-refractivity contribution in [3.8, 4) is 11.6 Å². The molecule has 2 rings (SSSR count). The Kier molecular flexibility index (Phi) is 1.63. The minimum Gasteiger partial charge on any atom is -0.368 e. The lowest BCUT2D eigenvalue weighted by atomic mass is 10.6. The molecule has 0 aromatic carbocycles. The fraction of sp³-hybridized carbons (Fsp3) is 0.333. The molecule has 4 N–H and O–H groups in total. The summed E-state index contributed by atoms with van der Waals surface area (Å²) in [5, 5.41) is 8.04. The molecule has 2 aromatic heterocycles. The summed E-state index contributed by atoms with van der Waals surface area (Å²) in [6.45, 7) is 0. The van der Waals surface area contributed by atoms with Crippen molar-refractivity contribution in [2.75, 3.05) is 11.5 Å². The second kappa shape index (κ2) is 2.69. The van der Waals surface area contributed by atoms with Gasteiger partial charge >= 0.3 is 0 Å². The Balaban J connectivity index is 2.49. The minimum absolute atomic E-state index is 0.311. The molecule has 0 aliphatic rings. The SMILES string of the molecule is Cn1nc(-c2nc(N)n(C)n2)nc1N. The Bertz CT molecular complexity index is 383. The van der Waals surface area contributed by atoms with Crippen molar-refractivity contribution in [3.63, 3.8) is 0 Å². The molecule has 0 aliphatic carbocycles. The van der Waals surface area contributed by atoms with E-state index in [0.29, 0.717) is 23.5 Å². The quantitative estimate of drug-likeness (QED) is 0.588. The van der Waals surface area contributed by atoms with Gasteiger partial charge in [-0.3, -0.25) is 0 Å². The third-order valence-electron chi connectivity index (χ3n) is 1.79. The number of anilines is 2. The van der Waals surface area contributed by atoms with Crippen LogP contribution in [0, 0.1) is 0 Å². The number of hydrogen-bond acceptors (Lipinski definition) is 6. The maximum absolute atomic E-state index is 5.52. The summed E-state index contributed by atoms with van der Waals surface area (Å²) < 4.78 is 2.89. The highest BCUT2D eigenvalue weighted by Gasteiger charge is 2.12. The molecule has 8 heteroatoms. The Morgan fingerprint density at radius 3 is 1.43 bits per heavy atom. The standard InChI is InChI=1S/C6H10N8/c1-13-5(7)9-3(11-13)4-10-6(8)14(2)12-4/h1-2H3,(H2,7,9,11)(H2,8,10,12). The van der Waals surface area contributed by atoms with Gasteiger partial charge in [0.1, 0.15) is 0 Å². The molecule has 0 radical (unpaired) electrons. The number of nitrogens with two attached hydrogens (primary N) is 2. The molecule has 0 saturated carbocycles. The minimum atomic E-state index is 0.311. The van der Waals surface area contributed by atoms with Gasteiger partial charge < -0.3 is 11.5 Å². The first-order valence-electron chi connectivity index (χ1n) is 3.91. The molecule has 2 aromatic rings. The predicted molar refractivity (Wildman–Crippen MR) is 49.8 cm³/mol. The van der Waals surface area contributed by atoms with Crippen molar-refractivity contribution in [3.05, 3.63) is 0 Å². The van der Waals surface area contributed by atoms with Crippen LogP contribution in [0.25, 0.3) is 11.6 Å². The van der Waals surface area contributed by atoms with E-state index in [2.05, 4.69) is 20.2 Å². The van der Waals surface area contributed by atoms with E-state index >= 15 is 0 Å². The van der Waals surface area contributed by atoms with Crippen LogP contribution in [0.3, 0.4) is 0 Å². The van der Waals surface area contributed by atoms with E-state index in [-0.39, 0.29) is 0 Å². The van der Waals surface area contributed by atoms with Gasteiger partial charge in [0.2, 0.25) is 23.5 Å². The van der Waals surface area contributed by atoms with Crippen LogP contribution in [-0.2, 0) is 14.1 Å². The molecule has 0 bridgehead atoms. The Morgan fingerprint density at radius 1 is 0.857 bits per heavy atom. The molecule has 0 amide bonds. The van der Waals surface area contributed by atoms with Gasteiger partial charge in [-0.1, -0.05) is 0 Å². The zero-order valence-electron chi connectivity index (χ0n) is 7.84. The van der Waals surface area contributed by atoms with Crippen LogP contribution in [0.15, 0.2) is 0 Å². The molecular formula is C6H10N8. The van der Waals surface area contributed by atoms with Crippen molar-refractivity contribution in [2.45, 2.75) is 0 Å². The van der Waals surface area contributed by atoms with Gasteiger partial charge in [-0.2, -0.15) is 9.97 Å². The molecule has 74 valence electrons. The van der Waals surface area contributed by atoms with E-state index in [1.807, 2.05) is 0 Å². The smallest absolute Gasteiger partial charge is 0.222 e. The first-order chi connectivity index (χ1) is 6.58. The predicted octanol–water partition coefficient (Wildman–Crippen LogP) is -1.22. The lowest BCUT2D eigenvalue weighted by Crippen LogP contribution is -1.97. The number of rotatable bonds is 1. The number of aryl methyl sites for hydroxylation is 2. The van der Waals surface area contributed by atoms with Gasteiger partial charge in [-0.05, 0) is 0 Å². The van der Waals surface area contributed by atoms with Crippen molar-refractivity contribution in [1.29, 1.82) is 0 Å². The average Bonchev–Trinajstić information content (AvgIpc) is 2.60. The lowest BCUT2D eigenvalue weighted by molar-refractivity contribution is 0.766. The van der Waals surface area contributed by atoms with E-state index in [1.165, 1.54) is 9.36 Å². The summed E-state index contributed by atoms with van der Waals surface area (Å²) in [4.78, 5) is 7.94. The second-order valence-electron chi connectivity index (χ2n) is 2.83. The van der Waals surface area contributed by atoms with Crippen LogP contribution in [-0.4, -0.2) is 29.5 Å². The molecular weight excluding hydrogens is 184 g/mol. The summed E-state index contributed by atoms with van der Waals surface area (Å²) in [6, 6.07) is 0. The van der Waals surface area contributed by atoms with Crippen LogP contribution in [0.5, 0.6) is 0 Å². The van der Waals surface area contributed by atoms with E-state index in [9.17, 15) is 0 Å². The summed E-state index contributed by atoms with van der Waals surface area (Å²) >= 11 is 0. The van der Waals surface area contributed by atoms with Crippen LogP contribution < -0.4 is 11.5 Å². The first-order valence-corrected chi connectivity index (χ1v) is 3.91. The number of nitrogens with zero attached hydrogens (tertiary/aromatic N) is 6. The van der Waals surface area contributed by atoms with Crippen LogP contribution in [0.2, 0.25) is 0 Å². The van der Waals surface area contributed by atoms with Crippen molar-refractivity contribution < 1.29 is 0 Å². The van der Waals surface area contributed by atoms with Crippen molar-refractivity contribution in [2.24, 2.45) is 14.1 Å². The zero-order valence-corrected chi connectivity index (χ0v) is 7.84. The molecule has 0 atom stereocenters. The van der Waals surface area contributed by atoms with Gasteiger partial charge in [0.05, 0.1) is 0 Å². The summed E-state index contributed by atoms with van der Waals surface area (Å²) in [7, 11) is 3.39. The third-order valence-corrected chi connectivity index (χ3v) is 1.79. The first kappa shape index (κ1) is 8.48. The number of hydrogen-bond donors (Lipinski definition) is 2. The van der Waals surface area contributed by atoms with E-state index < -0.39 is 0 Å². The maximum Gasteiger partial charge on any atom is 0.222 e. The fourth-order valence-electron chi connectivity index (χ4n) is 0.983. The van der Waals surface area contributed by atoms with Gasteiger partial charge in [-0.15, -0.1) is 10.2 Å². The van der Waals surface area contributed by atoms with Crippen molar-refractivity contribution >= 4 is 11.9 Å². The van der Waals surface area contributed by atoms with E-state index in [0.717, 1.165) is 0 Å². The number of nitrogen functional groups attached to an aromatic ring is 2. The fourth-order valence-corrected chi connectivity index (χ4v) is 0.983. The molecule has 8 nitrogen and oxygen atoms in total. The normalized spacial score (nSPS) is 10.7. The second-order valence-corrected chi connectivity index (χ2v) is 2.83. The topological polar surface area (TPSA) is 113 Å². The molecule has 0 saturated heterocycles. The summed E-state index contributed by atoms with van der Waals surface area (Å²) in [5.74, 6) is 1.37. The zero-order chi connectivity index (χ0) is 10.3. The highest BCUT2D eigenvalue weighted by molar-refractivity contribution is 5.46. The average molecular weight is 194 g/mol.